The summed E-state index contributed by atoms with van der Waals surface area (Å²) >= 11 is 0. The molecule has 2 fully saturated rings. The normalized spacial score (nSPS) is 30.1. The van der Waals surface area contributed by atoms with E-state index < -0.39 is 0 Å². The number of nitrogens with one attached hydrogen (secondary N) is 1. The summed E-state index contributed by atoms with van der Waals surface area (Å²) in [5.41, 5.74) is 0. The molecular weight excluding hydrogens is 212 g/mol. The lowest BCUT2D eigenvalue weighted by Gasteiger charge is -2.25. The van der Waals surface area contributed by atoms with Gasteiger partial charge >= 0.3 is 0 Å². The highest BCUT2D eigenvalue weighted by Crippen LogP contribution is 2.21. The third-order valence-electron chi connectivity index (χ3n) is 4.18. The molecule has 0 aliphatic carbocycles. The van der Waals surface area contributed by atoms with Crippen LogP contribution in [0.3, 0.4) is 0 Å². The number of carbonyl (C=O) groups excluding carboxylic acids is 1. The lowest BCUT2D eigenvalue weighted by Crippen LogP contribution is -2.39. The monoisotopic (exact) mass is 238 g/mol. The van der Waals surface area contributed by atoms with E-state index in [4.69, 9.17) is 0 Å². The molecule has 0 aromatic heterocycles. The Morgan fingerprint density at radius 3 is 2.88 bits per heavy atom. The predicted octanol–water partition coefficient (Wildman–Crippen LogP) is 2.17. The van der Waals surface area contributed by atoms with Gasteiger partial charge in [0.1, 0.15) is 0 Å². The molecule has 0 spiro atoms. The maximum atomic E-state index is 12.2. The molecule has 3 atom stereocenters. The standard InChI is InChI=1S/C14H26N2O/c1-3-4-11(2)9-14(17)16-8-7-12-5-6-13(10-16)15-12/h11-13,15H,3-10H2,1-2H3. The highest BCUT2D eigenvalue weighted by atomic mass is 16.2. The SMILES string of the molecule is CCCC(C)CC(=O)N1CCC2CCC(C1)N2. The third-order valence-corrected chi connectivity index (χ3v) is 4.18. The van der Waals surface area contributed by atoms with E-state index >= 15 is 0 Å². The van der Waals surface area contributed by atoms with Gasteiger partial charge in [0.2, 0.25) is 5.91 Å². The number of hydrogen-bond acceptors (Lipinski definition) is 2. The molecule has 2 aliphatic rings. The summed E-state index contributed by atoms with van der Waals surface area (Å²) in [5.74, 6) is 0.918. The van der Waals surface area contributed by atoms with Gasteiger partial charge in [-0.1, -0.05) is 26.7 Å². The molecule has 0 saturated carbocycles. The van der Waals surface area contributed by atoms with Crippen molar-refractivity contribution in [1.29, 1.82) is 0 Å². The van der Waals surface area contributed by atoms with Crippen molar-refractivity contribution in [3.63, 3.8) is 0 Å². The quantitative estimate of drug-likeness (QED) is 0.814. The van der Waals surface area contributed by atoms with Crippen molar-refractivity contribution in [2.24, 2.45) is 5.92 Å². The summed E-state index contributed by atoms with van der Waals surface area (Å²) < 4.78 is 0. The maximum absolute atomic E-state index is 12.2. The Bertz CT molecular complexity index is 267. The number of hydrogen-bond donors (Lipinski definition) is 1. The fourth-order valence-corrected chi connectivity index (χ4v) is 3.19. The molecule has 3 unspecified atom stereocenters. The lowest BCUT2D eigenvalue weighted by atomic mass is 10.0. The maximum Gasteiger partial charge on any atom is 0.222 e. The van der Waals surface area contributed by atoms with E-state index in [0.29, 0.717) is 23.9 Å². The molecular formula is C14H26N2O. The topological polar surface area (TPSA) is 32.3 Å². The number of carbonyl (C=O) groups is 1. The van der Waals surface area contributed by atoms with E-state index in [1.54, 1.807) is 0 Å². The van der Waals surface area contributed by atoms with E-state index in [9.17, 15) is 4.79 Å². The first-order valence-corrected chi connectivity index (χ1v) is 7.23. The van der Waals surface area contributed by atoms with Crippen molar-refractivity contribution >= 4 is 5.91 Å². The van der Waals surface area contributed by atoms with Crippen molar-refractivity contribution in [2.75, 3.05) is 13.1 Å². The van der Waals surface area contributed by atoms with Gasteiger partial charge in [-0.2, -0.15) is 0 Å². The lowest BCUT2D eigenvalue weighted by molar-refractivity contribution is -0.132. The zero-order valence-corrected chi connectivity index (χ0v) is 11.2. The van der Waals surface area contributed by atoms with Crippen LogP contribution in [0.1, 0.15) is 52.4 Å². The second-order valence-electron chi connectivity index (χ2n) is 5.86. The molecule has 2 rings (SSSR count). The van der Waals surface area contributed by atoms with E-state index in [-0.39, 0.29) is 0 Å². The molecule has 1 amide bonds. The van der Waals surface area contributed by atoms with Crippen molar-refractivity contribution < 1.29 is 4.79 Å². The van der Waals surface area contributed by atoms with Crippen molar-refractivity contribution in [2.45, 2.75) is 64.5 Å². The van der Waals surface area contributed by atoms with Gasteiger partial charge in [-0.15, -0.1) is 0 Å². The molecule has 3 nitrogen and oxygen atoms in total. The van der Waals surface area contributed by atoms with Crippen LogP contribution in [0.15, 0.2) is 0 Å². The Morgan fingerprint density at radius 2 is 2.12 bits per heavy atom. The Morgan fingerprint density at radius 1 is 1.35 bits per heavy atom. The second kappa shape index (κ2) is 5.85. The van der Waals surface area contributed by atoms with Crippen molar-refractivity contribution in [1.82, 2.24) is 10.2 Å². The van der Waals surface area contributed by atoms with Crippen LogP contribution < -0.4 is 5.32 Å². The molecule has 2 saturated heterocycles. The molecule has 0 aromatic carbocycles. The average Bonchev–Trinajstić information content (AvgIpc) is 2.58. The number of amides is 1. The molecule has 3 heteroatoms. The molecule has 1 N–H and O–H groups in total. The summed E-state index contributed by atoms with van der Waals surface area (Å²) in [7, 11) is 0. The smallest absolute Gasteiger partial charge is 0.222 e. The van der Waals surface area contributed by atoms with Crippen molar-refractivity contribution in [3.05, 3.63) is 0 Å². The molecule has 2 aliphatic heterocycles. The van der Waals surface area contributed by atoms with Gasteiger partial charge < -0.3 is 10.2 Å². The van der Waals surface area contributed by atoms with Crippen LogP contribution in [-0.4, -0.2) is 36.0 Å². The van der Waals surface area contributed by atoms with E-state index in [2.05, 4.69) is 24.1 Å². The molecule has 17 heavy (non-hydrogen) atoms. The van der Waals surface area contributed by atoms with Crippen LogP contribution in [0.5, 0.6) is 0 Å². The molecule has 2 heterocycles. The molecule has 2 bridgehead atoms. The average molecular weight is 238 g/mol. The first-order valence-electron chi connectivity index (χ1n) is 7.23. The number of rotatable bonds is 4. The third kappa shape index (κ3) is 3.44. The molecule has 0 radical (unpaired) electrons. The summed E-state index contributed by atoms with van der Waals surface area (Å²) in [6.45, 7) is 6.29. The number of likely N-dealkylation sites (tertiary alicyclic amines) is 1. The van der Waals surface area contributed by atoms with Gasteiger partial charge in [0.15, 0.2) is 0 Å². The summed E-state index contributed by atoms with van der Waals surface area (Å²) in [4.78, 5) is 14.3. The minimum absolute atomic E-state index is 0.375. The Hall–Kier alpha value is -0.570. The first-order chi connectivity index (χ1) is 8.19. The highest BCUT2D eigenvalue weighted by molar-refractivity contribution is 5.76. The minimum atomic E-state index is 0.375. The van der Waals surface area contributed by atoms with Crippen LogP contribution in [0.2, 0.25) is 0 Å². The van der Waals surface area contributed by atoms with Gasteiger partial charge in [-0.3, -0.25) is 4.79 Å². The van der Waals surface area contributed by atoms with Crippen LogP contribution in [-0.2, 0) is 4.79 Å². The Labute approximate surface area is 105 Å². The minimum Gasteiger partial charge on any atom is -0.341 e. The summed E-state index contributed by atoms with van der Waals surface area (Å²) in [5, 5.41) is 3.62. The van der Waals surface area contributed by atoms with E-state index in [0.717, 1.165) is 25.9 Å². The fraction of sp³-hybridized carbons (Fsp3) is 0.929. The Balaban J connectivity index is 1.82. The number of nitrogens with zero attached hydrogens (tertiary/aromatic N) is 1. The predicted molar refractivity (Wildman–Crippen MR) is 69.8 cm³/mol. The van der Waals surface area contributed by atoms with Gasteiger partial charge in [0, 0.05) is 31.6 Å². The zero-order valence-electron chi connectivity index (χ0n) is 11.2. The Kier molecular flexibility index (Phi) is 4.43. The largest absolute Gasteiger partial charge is 0.341 e. The van der Waals surface area contributed by atoms with Crippen LogP contribution in [0.4, 0.5) is 0 Å². The van der Waals surface area contributed by atoms with Gasteiger partial charge in [0.05, 0.1) is 0 Å². The first kappa shape index (κ1) is 12.9. The zero-order chi connectivity index (χ0) is 12.3. The van der Waals surface area contributed by atoms with Crippen LogP contribution in [0.25, 0.3) is 0 Å². The summed E-state index contributed by atoms with van der Waals surface area (Å²) in [6, 6.07) is 1.23. The second-order valence-corrected chi connectivity index (χ2v) is 5.86. The molecule has 0 aromatic rings. The van der Waals surface area contributed by atoms with Crippen LogP contribution >= 0.6 is 0 Å². The van der Waals surface area contributed by atoms with Crippen molar-refractivity contribution in [3.8, 4) is 0 Å². The van der Waals surface area contributed by atoms with Gasteiger partial charge in [0.25, 0.3) is 0 Å². The number of fused-ring (bicyclic) bond motifs is 2. The molecule has 98 valence electrons. The summed E-state index contributed by atoms with van der Waals surface area (Å²) in [6.07, 6.45) is 6.79. The van der Waals surface area contributed by atoms with Gasteiger partial charge in [-0.05, 0) is 25.2 Å². The van der Waals surface area contributed by atoms with E-state index in [1.165, 1.54) is 25.7 Å². The van der Waals surface area contributed by atoms with Gasteiger partial charge in [-0.25, -0.2) is 0 Å². The fourth-order valence-electron chi connectivity index (χ4n) is 3.19. The van der Waals surface area contributed by atoms with Crippen LogP contribution in [0, 0.1) is 5.92 Å². The highest BCUT2D eigenvalue weighted by Gasteiger charge is 2.31. The van der Waals surface area contributed by atoms with E-state index in [1.807, 2.05) is 0 Å².